The molecule has 0 spiro atoms. The van der Waals surface area contributed by atoms with Crippen LogP contribution in [0.1, 0.15) is 53.7 Å². The average molecular weight is 390 g/mol. The lowest BCUT2D eigenvalue weighted by Gasteiger charge is -2.24. The second-order valence-corrected chi connectivity index (χ2v) is 7.36. The number of primary amides is 1. The molecule has 0 bridgehead atoms. The molecule has 1 aliphatic carbocycles. The predicted molar refractivity (Wildman–Crippen MR) is 101 cm³/mol. The third kappa shape index (κ3) is 4.51. The summed E-state index contributed by atoms with van der Waals surface area (Å²) in [7, 11) is 0. The minimum atomic E-state index is -0.632. The van der Waals surface area contributed by atoms with Crippen LogP contribution in [0, 0.1) is 11.7 Å². The van der Waals surface area contributed by atoms with Gasteiger partial charge >= 0.3 is 0 Å². The summed E-state index contributed by atoms with van der Waals surface area (Å²) in [5.74, 6) is -1.31. The van der Waals surface area contributed by atoms with Gasteiger partial charge in [-0.15, -0.1) is 0 Å². The van der Waals surface area contributed by atoms with Gasteiger partial charge in [0.05, 0.1) is 10.6 Å². The maximum atomic E-state index is 15.4. The second kappa shape index (κ2) is 8.15. The molecule has 142 valence electrons. The predicted octanol–water partition coefficient (Wildman–Crippen LogP) is 3.41. The largest absolute Gasteiger partial charge is 0.370 e. The normalized spacial score (nSPS) is 16.0. The van der Waals surface area contributed by atoms with Crippen LogP contribution >= 0.6 is 11.6 Å². The van der Waals surface area contributed by atoms with Crippen LogP contribution in [0.3, 0.4) is 0 Å². The monoisotopic (exact) mass is 389 g/mol. The first-order valence-corrected chi connectivity index (χ1v) is 9.23. The summed E-state index contributed by atoms with van der Waals surface area (Å²) in [5, 5.41) is 3.35. The van der Waals surface area contributed by atoms with E-state index in [1.165, 1.54) is 6.20 Å². The third-order valence-electron chi connectivity index (χ3n) is 4.67. The van der Waals surface area contributed by atoms with Gasteiger partial charge in [-0.2, -0.15) is 0 Å². The molecule has 1 amide bonds. The molecule has 0 radical (unpaired) electrons. The zero-order chi connectivity index (χ0) is 19.6. The van der Waals surface area contributed by atoms with Crippen LogP contribution in [0.4, 0.5) is 4.39 Å². The van der Waals surface area contributed by atoms with Crippen LogP contribution in [0.15, 0.2) is 36.7 Å². The highest BCUT2D eigenvalue weighted by molar-refractivity contribution is 6.35. The molecule has 0 unspecified atom stereocenters. The summed E-state index contributed by atoms with van der Waals surface area (Å²) in [6, 6.07) is 5.81. The van der Waals surface area contributed by atoms with Crippen LogP contribution in [0.5, 0.6) is 0 Å². The summed E-state index contributed by atoms with van der Waals surface area (Å²) in [4.78, 5) is 27.8. The summed E-state index contributed by atoms with van der Waals surface area (Å²) in [6.07, 6.45) is 4.98. The average Bonchev–Trinajstić information content (AvgIpc) is 3.45. The first kappa shape index (κ1) is 19.5. The van der Waals surface area contributed by atoms with Crippen LogP contribution in [0.25, 0.3) is 0 Å². The highest BCUT2D eigenvalue weighted by Gasteiger charge is 2.36. The van der Waals surface area contributed by atoms with Gasteiger partial charge in [0.15, 0.2) is 5.78 Å². The van der Waals surface area contributed by atoms with Crippen LogP contribution in [-0.2, 0) is 4.79 Å². The summed E-state index contributed by atoms with van der Waals surface area (Å²) in [5.41, 5.74) is 5.75. The van der Waals surface area contributed by atoms with E-state index in [1.54, 1.807) is 30.5 Å². The highest BCUT2D eigenvalue weighted by Crippen LogP contribution is 2.43. The van der Waals surface area contributed by atoms with Gasteiger partial charge in [0.1, 0.15) is 5.82 Å². The number of nitrogens with one attached hydrogen (secondary N) is 1. The maximum absolute atomic E-state index is 15.4. The Morgan fingerprint density at radius 3 is 2.70 bits per heavy atom. The number of hydrogen-bond donors (Lipinski definition) is 2. The molecule has 1 aromatic carbocycles. The molecule has 2 aromatic rings. The number of nitrogens with zero attached hydrogens (tertiary/aromatic N) is 1. The minimum absolute atomic E-state index is 0.0600. The zero-order valence-electron chi connectivity index (χ0n) is 14.9. The molecule has 1 aromatic heterocycles. The number of aromatic nitrogens is 1. The van der Waals surface area contributed by atoms with Gasteiger partial charge in [0.2, 0.25) is 5.91 Å². The van der Waals surface area contributed by atoms with Crippen molar-refractivity contribution in [1.82, 2.24) is 10.3 Å². The Bertz CT molecular complexity index is 856. The van der Waals surface area contributed by atoms with Gasteiger partial charge in [-0.05, 0) is 43.9 Å². The summed E-state index contributed by atoms with van der Waals surface area (Å²) in [6.45, 7) is 1.83. The first-order chi connectivity index (χ1) is 12.9. The molecule has 27 heavy (non-hydrogen) atoms. The Hall–Kier alpha value is -2.31. The zero-order valence-corrected chi connectivity index (χ0v) is 15.7. The van der Waals surface area contributed by atoms with Gasteiger partial charge in [-0.25, -0.2) is 4.39 Å². The van der Waals surface area contributed by atoms with E-state index in [9.17, 15) is 9.59 Å². The van der Waals surface area contributed by atoms with Crippen LogP contribution < -0.4 is 11.1 Å². The molecule has 7 heteroatoms. The van der Waals surface area contributed by atoms with Crippen molar-refractivity contribution < 1.29 is 14.0 Å². The Morgan fingerprint density at radius 1 is 1.37 bits per heavy atom. The molecule has 1 heterocycles. The SMILES string of the molecule is C[C@H](CC(N)=O)N[C@@H](c1ccc(Cl)c(C(=O)c2cccnc2)c1F)C1CC1. The summed E-state index contributed by atoms with van der Waals surface area (Å²) >= 11 is 6.16. The quantitative estimate of drug-likeness (QED) is 0.677. The lowest BCUT2D eigenvalue weighted by Crippen LogP contribution is -2.35. The van der Waals surface area contributed by atoms with E-state index < -0.39 is 17.5 Å². The molecule has 2 atom stereocenters. The fraction of sp³-hybridized carbons (Fsp3) is 0.350. The van der Waals surface area contributed by atoms with Gasteiger partial charge in [0.25, 0.3) is 0 Å². The van der Waals surface area contributed by atoms with Crippen molar-refractivity contribution in [3.63, 3.8) is 0 Å². The van der Waals surface area contributed by atoms with Crippen molar-refractivity contribution in [2.45, 2.75) is 38.3 Å². The number of rotatable bonds is 8. The number of amides is 1. The van der Waals surface area contributed by atoms with Crippen molar-refractivity contribution in [2.75, 3.05) is 0 Å². The van der Waals surface area contributed by atoms with E-state index in [0.29, 0.717) is 5.56 Å². The molecule has 1 saturated carbocycles. The number of carbonyl (C=O) groups excluding carboxylic acids is 2. The standard InChI is InChI=1S/C20H21ClFN3O2/c1-11(9-16(23)26)25-19(12-4-5-12)14-6-7-15(21)17(18(14)22)20(27)13-3-2-8-24-10-13/h2-3,6-8,10-12,19,25H,4-5,9H2,1H3,(H2,23,26)/t11-,19-/m1/s1. The second-order valence-electron chi connectivity index (χ2n) is 6.95. The summed E-state index contributed by atoms with van der Waals surface area (Å²) < 4.78 is 15.4. The van der Waals surface area contributed by atoms with Crippen LogP contribution in [0.2, 0.25) is 5.02 Å². The number of nitrogens with two attached hydrogens (primary N) is 1. The molecular formula is C20H21ClFN3O2. The van der Waals surface area contributed by atoms with E-state index in [4.69, 9.17) is 17.3 Å². The van der Waals surface area contributed by atoms with E-state index in [-0.39, 0.29) is 40.6 Å². The highest BCUT2D eigenvalue weighted by atomic mass is 35.5. The van der Waals surface area contributed by atoms with Crippen molar-refractivity contribution in [3.8, 4) is 0 Å². The van der Waals surface area contributed by atoms with Crippen molar-refractivity contribution in [3.05, 3.63) is 64.2 Å². The number of pyridine rings is 1. The number of hydrogen-bond acceptors (Lipinski definition) is 4. The fourth-order valence-corrected chi connectivity index (χ4v) is 3.47. The smallest absolute Gasteiger partial charge is 0.218 e. The number of ketones is 1. The maximum Gasteiger partial charge on any atom is 0.218 e. The lowest BCUT2D eigenvalue weighted by atomic mass is 9.95. The van der Waals surface area contributed by atoms with Gasteiger partial charge in [-0.3, -0.25) is 14.6 Å². The van der Waals surface area contributed by atoms with E-state index in [2.05, 4.69) is 10.3 Å². The Kier molecular flexibility index (Phi) is 5.87. The number of benzene rings is 1. The molecule has 1 fully saturated rings. The van der Waals surface area contributed by atoms with E-state index in [0.717, 1.165) is 12.8 Å². The molecule has 3 N–H and O–H groups in total. The fourth-order valence-electron chi connectivity index (χ4n) is 3.23. The van der Waals surface area contributed by atoms with Crippen molar-refractivity contribution in [2.24, 2.45) is 11.7 Å². The Balaban J connectivity index is 1.95. The molecular weight excluding hydrogens is 369 g/mol. The lowest BCUT2D eigenvalue weighted by molar-refractivity contribution is -0.118. The molecule has 3 rings (SSSR count). The Labute approximate surface area is 162 Å². The van der Waals surface area contributed by atoms with Gasteiger partial charge < -0.3 is 11.1 Å². The van der Waals surface area contributed by atoms with E-state index in [1.807, 2.05) is 6.92 Å². The van der Waals surface area contributed by atoms with Gasteiger partial charge in [0, 0.05) is 42.0 Å². The molecule has 0 aliphatic heterocycles. The van der Waals surface area contributed by atoms with Crippen molar-refractivity contribution >= 4 is 23.3 Å². The topological polar surface area (TPSA) is 85.1 Å². The Morgan fingerprint density at radius 2 is 2.11 bits per heavy atom. The number of halogens is 2. The van der Waals surface area contributed by atoms with Crippen LogP contribution in [-0.4, -0.2) is 22.7 Å². The number of carbonyl (C=O) groups is 2. The van der Waals surface area contributed by atoms with Gasteiger partial charge in [-0.1, -0.05) is 17.7 Å². The first-order valence-electron chi connectivity index (χ1n) is 8.85. The minimum Gasteiger partial charge on any atom is -0.370 e. The van der Waals surface area contributed by atoms with Crippen molar-refractivity contribution in [1.29, 1.82) is 0 Å². The van der Waals surface area contributed by atoms with E-state index >= 15 is 4.39 Å². The molecule has 5 nitrogen and oxygen atoms in total. The molecule has 0 saturated heterocycles. The third-order valence-corrected chi connectivity index (χ3v) is 4.99. The molecule has 1 aliphatic rings.